The molecular formula is C11H13FO2. The van der Waals surface area contributed by atoms with E-state index >= 15 is 0 Å². The summed E-state index contributed by atoms with van der Waals surface area (Å²) in [7, 11) is 0. The van der Waals surface area contributed by atoms with Gasteiger partial charge in [-0.2, -0.15) is 0 Å². The van der Waals surface area contributed by atoms with Crippen LogP contribution < -0.4 is 4.74 Å². The van der Waals surface area contributed by atoms with Crippen molar-refractivity contribution in [3.63, 3.8) is 0 Å². The second kappa shape index (κ2) is 4.74. The molecule has 14 heavy (non-hydrogen) atoms. The molecule has 0 saturated heterocycles. The standard InChI is InChI=1S/C11H13FO2/c1-8(2)7-14-11-5-9(6-13)3-4-10(11)12/h3-6,8H,7H2,1-2H3. The van der Waals surface area contributed by atoms with Crippen LogP contribution in [0.2, 0.25) is 0 Å². The largest absolute Gasteiger partial charge is 0.490 e. The van der Waals surface area contributed by atoms with E-state index in [0.717, 1.165) is 0 Å². The first-order valence-corrected chi connectivity index (χ1v) is 4.51. The van der Waals surface area contributed by atoms with E-state index in [1.807, 2.05) is 13.8 Å². The monoisotopic (exact) mass is 196 g/mol. The molecule has 3 heteroatoms. The lowest BCUT2D eigenvalue weighted by molar-refractivity contribution is 0.112. The minimum atomic E-state index is -0.434. The van der Waals surface area contributed by atoms with Crippen molar-refractivity contribution in [2.75, 3.05) is 6.61 Å². The SMILES string of the molecule is CC(C)COc1cc(C=O)ccc1F. The smallest absolute Gasteiger partial charge is 0.165 e. The van der Waals surface area contributed by atoms with Gasteiger partial charge in [-0.05, 0) is 24.1 Å². The Balaban J connectivity index is 2.78. The highest BCUT2D eigenvalue weighted by Gasteiger charge is 2.05. The molecule has 0 unspecified atom stereocenters. The fourth-order valence-electron chi connectivity index (χ4n) is 0.960. The molecule has 0 atom stereocenters. The first-order valence-electron chi connectivity index (χ1n) is 4.51. The number of carbonyl (C=O) groups excluding carboxylic acids is 1. The van der Waals surface area contributed by atoms with E-state index in [4.69, 9.17) is 4.74 Å². The van der Waals surface area contributed by atoms with E-state index in [2.05, 4.69) is 0 Å². The summed E-state index contributed by atoms with van der Waals surface area (Å²) in [5, 5.41) is 0. The molecule has 1 aromatic carbocycles. The molecule has 0 N–H and O–H groups in total. The summed E-state index contributed by atoms with van der Waals surface area (Å²) in [6.45, 7) is 4.39. The minimum absolute atomic E-state index is 0.142. The summed E-state index contributed by atoms with van der Waals surface area (Å²) in [6, 6.07) is 4.06. The van der Waals surface area contributed by atoms with Crippen LogP contribution in [0.25, 0.3) is 0 Å². The Morgan fingerprint density at radius 3 is 2.79 bits per heavy atom. The van der Waals surface area contributed by atoms with Gasteiger partial charge in [-0.3, -0.25) is 4.79 Å². The number of benzene rings is 1. The van der Waals surface area contributed by atoms with Crippen molar-refractivity contribution in [1.29, 1.82) is 0 Å². The topological polar surface area (TPSA) is 26.3 Å². The second-order valence-electron chi connectivity index (χ2n) is 3.51. The average Bonchev–Trinajstić information content (AvgIpc) is 2.16. The van der Waals surface area contributed by atoms with E-state index in [1.165, 1.54) is 18.2 Å². The van der Waals surface area contributed by atoms with Gasteiger partial charge in [0.05, 0.1) is 6.61 Å². The lowest BCUT2D eigenvalue weighted by atomic mass is 10.2. The van der Waals surface area contributed by atoms with Gasteiger partial charge in [0.2, 0.25) is 0 Å². The Labute approximate surface area is 82.7 Å². The quantitative estimate of drug-likeness (QED) is 0.692. The fraction of sp³-hybridized carbons (Fsp3) is 0.364. The number of rotatable bonds is 4. The molecule has 0 aliphatic rings. The van der Waals surface area contributed by atoms with Crippen molar-refractivity contribution < 1.29 is 13.9 Å². The number of hydrogen-bond acceptors (Lipinski definition) is 2. The third-order valence-corrected chi connectivity index (χ3v) is 1.66. The van der Waals surface area contributed by atoms with Gasteiger partial charge in [-0.25, -0.2) is 4.39 Å². The molecule has 0 aliphatic carbocycles. The summed E-state index contributed by atoms with van der Waals surface area (Å²) >= 11 is 0. The maximum atomic E-state index is 13.1. The number of hydrogen-bond donors (Lipinski definition) is 0. The summed E-state index contributed by atoms with van der Waals surface area (Å²) in [5.74, 6) is 0.0360. The molecule has 0 saturated carbocycles. The molecule has 0 fully saturated rings. The summed E-state index contributed by atoms with van der Waals surface area (Å²) in [4.78, 5) is 10.4. The van der Waals surface area contributed by atoms with Crippen LogP contribution in [0.15, 0.2) is 18.2 Å². The van der Waals surface area contributed by atoms with E-state index in [1.54, 1.807) is 0 Å². The Morgan fingerprint density at radius 1 is 1.50 bits per heavy atom. The summed E-state index contributed by atoms with van der Waals surface area (Å²) in [5.41, 5.74) is 0.421. The molecule has 1 rings (SSSR count). The number of carbonyl (C=O) groups is 1. The molecule has 0 aliphatic heterocycles. The maximum Gasteiger partial charge on any atom is 0.165 e. The highest BCUT2D eigenvalue weighted by atomic mass is 19.1. The molecule has 0 bridgehead atoms. The van der Waals surface area contributed by atoms with Crippen molar-refractivity contribution in [1.82, 2.24) is 0 Å². The van der Waals surface area contributed by atoms with Crippen LogP contribution in [0.4, 0.5) is 4.39 Å². The van der Waals surface area contributed by atoms with Crippen LogP contribution in [0.1, 0.15) is 24.2 Å². The first-order chi connectivity index (χ1) is 6.63. The first kappa shape index (κ1) is 10.7. The lowest BCUT2D eigenvalue weighted by Gasteiger charge is -2.09. The van der Waals surface area contributed by atoms with Crippen LogP contribution in [-0.2, 0) is 0 Å². The summed E-state index contributed by atoms with van der Waals surface area (Å²) in [6.07, 6.45) is 0.668. The zero-order valence-corrected chi connectivity index (χ0v) is 8.29. The molecule has 0 spiro atoms. The zero-order valence-electron chi connectivity index (χ0n) is 8.29. The normalized spacial score (nSPS) is 10.3. The third-order valence-electron chi connectivity index (χ3n) is 1.66. The minimum Gasteiger partial charge on any atom is -0.490 e. The molecule has 0 radical (unpaired) electrons. The highest BCUT2D eigenvalue weighted by molar-refractivity contribution is 5.75. The Hall–Kier alpha value is -1.38. The predicted octanol–water partition coefficient (Wildman–Crippen LogP) is 2.67. The second-order valence-corrected chi connectivity index (χ2v) is 3.51. The van der Waals surface area contributed by atoms with Gasteiger partial charge in [-0.1, -0.05) is 13.8 Å². The van der Waals surface area contributed by atoms with E-state index < -0.39 is 5.82 Å². The van der Waals surface area contributed by atoms with Crippen molar-refractivity contribution in [3.05, 3.63) is 29.6 Å². The van der Waals surface area contributed by atoms with E-state index in [-0.39, 0.29) is 5.75 Å². The molecular weight excluding hydrogens is 183 g/mol. The number of aldehydes is 1. The average molecular weight is 196 g/mol. The predicted molar refractivity (Wildman–Crippen MR) is 52.1 cm³/mol. The zero-order chi connectivity index (χ0) is 10.6. The molecule has 76 valence electrons. The third kappa shape index (κ3) is 2.83. The molecule has 1 aromatic rings. The van der Waals surface area contributed by atoms with E-state index in [0.29, 0.717) is 24.4 Å². The van der Waals surface area contributed by atoms with Crippen LogP contribution >= 0.6 is 0 Å². The molecule has 2 nitrogen and oxygen atoms in total. The van der Waals surface area contributed by atoms with Gasteiger partial charge in [0.15, 0.2) is 11.6 Å². The van der Waals surface area contributed by atoms with Gasteiger partial charge in [0.25, 0.3) is 0 Å². The Kier molecular flexibility index (Phi) is 3.63. The van der Waals surface area contributed by atoms with Crippen LogP contribution in [0, 0.1) is 11.7 Å². The van der Waals surface area contributed by atoms with Crippen LogP contribution in [-0.4, -0.2) is 12.9 Å². The van der Waals surface area contributed by atoms with Gasteiger partial charge in [0, 0.05) is 5.56 Å². The Morgan fingerprint density at radius 2 is 2.21 bits per heavy atom. The van der Waals surface area contributed by atoms with Crippen molar-refractivity contribution in [2.45, 2.75) is 13.8 Å². The highest BCUT2D eigenvalue weighted by Crippen LogP contribution is 2.18. The molecule has 0 amide bonds. The number of halogens is 1. The number of ether oxygens (including phenoxy) is 1. The fourth-order valence-corrected chi connectivity index (χ4v) is 0.960. The van der Waals surface area contributed by atoms with Crippen LogP contribution in [0.5, 0.6) is 5.75 Å². The van der Waals surface area contributed by atoms with Crippen molar-refractivity contribution in [2.24, 2.45) is 5.92 Å². The maximum absolute atomic E-state index is 13.1. The van der Waals surface area contributed by atoms with Crippen LogP contribution in [0.3, 0.4) is 0 Å². The summed E-state index contributed by atoms with van der Waals surface area (Å²) < 4.78 is 18.3. The van der Waals surface area contributed by atoms with Crippen molar-refractivity contribution >= 4 is 6.29 Å². The van der Waals surface area contributed by atoms with Gasteiger partial charge in [-0.15, -0.1) is 0 Å². The van der Waals surface area contributed by atoms with Gasteiger partial charge >= 0.3 is 0 Å². The van der Waals surface area contributed by atoms with E-state index in [9.17, 15) is 9.18 Å². The van der Waals surface area contributed by atoms with Crippen molar-refractivity contribution in [3.8, 4) is 5.75 Å². The van der Waals surface area contributed by atoms with Gasteiger partial charge in [0.1, 0.15) is 6.29 Å². The molecule has 0 heterocycles. The molecule has 0 aromatic heterocycles. The lowest BCUT2D eigenvalue weighted by Crippen LogP contribution is -2.05. The van der Waals surface area contributed by atoms with Gasteiger partial charge < -0.3 is 4.74 Å². The Bertz CT molecular complexity index is 321.